The molecule has 1 saturated heterocycles. The minimum absolute atomic E-state index is 0.0794. The van der Waals surface area contributed by atoms with Crippen molar-refractivity contribution in [1.29, 1.82) is 0 Å². The highest BCUT2D eigenvalue weighted by Crippen LogP contribution is 2.19. The number of nitrogens with one attached hydrogen (secondary N) is 2. The highest BCUT2D eigenvalue weighted by Gasteiger charge is 2.32. The molecule has 0 bridgehead atoms. The lowest BCUT2D eigenvalue weighted by molar-refractivity contribution is -0.129. The van der Waals surface area contributed by atoms with Gasteiger partial charge in [-0.2, -0.15) is 0 Å². The maximum Gasteiger partial charge on any atom is 0.237 e. The maximum absolute atomic E-state index is 12.6. The lowest BCUT2D eigenvalue weighted by Gasteiger charge is -2.39. The van der Waals surface area contributed by atoms with Crippen LogP contribution in [-0.2, 0) is 9.59 Å². The fourth-order valence-corrected chi connectivity index (χ4v) is 3.69. The smallest absolute Gasteiger partial charge is 0.237 e. The number of rotatable bonds is 8. The molecule has 1 aliphatic carbocycles. The van der Waals surface area contributed by atoms with Gasteiger partial charge in [-0.25, -0.2) is 0 Å². The predicted molar refractivity (Wildman–Crippen MR) is 111 cm³/mol. The fourth-order valence-electron chi connectivity index (χ4n) is 3.69. The van der Waals surface area contributed by atoms with Crippen molar-refractivity contribution in [2.75, 3.05) is 32.7 Å². The molecule has 1 aliphatic heterocycles. The second-order valence-electron chi connectivity index (χ2n) is 8.26. The second-order valence-corrected chi connectivity index (χ2v) is 8.26. The first-order chi connectivity index (χ1) is 13.5. The van der Waals surface area contributed by atoms with Gasteiger partial charge in [-0.1, -0.05) is 37.3 Å². The number of hydrogen-bond donors (Lipinski definition) is 2. The molecule has 6 heteroatoms. The minimum Gasteiger partial charge on any atom is -0.354 e. The maximum atomic E-state index is 12.6. The first-order valence-corrected chi connectivity index (χ1v) is 10.6. The lowest BCUT2D eigenvalue weighted by atomic mass is 10.0. The average molecular weight is 387 g/mol. The van der Waals surface area contributed by atoms with Crippen molar-refractivity contribution in [3.05, 3.63) is 35.9 Å². The van der Waals surface area contributed by atoms with Crippen molar-refractivity contribution in [2.24, 2.45) is 0 Å². The Bertz CT molecular complexity index is 654. The van der Waals surface area contributed by atoms with Gasteiger partial charge in [0.05, 0.1) is 12.1 Å². The number of nitrogens with zero attached hydrogens (tertiary/aromatic N) is 2. The number of carbonyl (C=O) groups excluding carboxylic acids is 2. The van der Waals surface area contributed by atoms with E-state index >= 15 is 0 Å². The normalized spacial score (nSPS) is 21.5. The Morgan fingerprint density at radius 1 is 0.929 bits per heavy atom. The van der Waals surface area contributed by atoms with Crippen molar-refractivity contribution in [3.8, 4) is 0 Å². The second kappa shape index (κ2) is 9.52. The van der Waals surface area contributed by atoms with E-state index in [1.54, 1.807) is 0 Å². The third-order valence-corrected chi connectivity index (χ3v) is 6.08. The Labute approximate surface area is 168 Å². The van der Waals surface area contributed by atoms with Gasteiger partial charge in [0, 0.05) is 38.8 Å². The molecule has 0 aromatic heterocycles. The van der Waals surface area contributed by atoms with Crippen molar-refractivity contribution < 1.29 is 9.59 Å². The van der Waals surface area contributed by atoms with Crippen LogP contribution >= 0.6 is 0 Å². The first-order valence-electron chi connectivity index (χ1n) is 10.6. The minimum atomic E-state index is -0.152. The number of hydrogen-bond acceptors (Lipinski definition) is 4. The number of piperazine rings is 1. The molecular formula is C22H34N4O2. The van der Waals surface area contributed by atoms with Gasteiger partial charge in [0.25, 0.3) is 0 Å². The number of benzene rings is 1. The van der Waals surface area contributed by atoms with Crippen LogP contribution in [0.25, 0.3) is 0 Å². The highest BCUT2D eigenvalue weighted by atomic mass is 16.2. The molecule has 1 heterocycles. The highest BCUT2D eigenvalue weighted by molar-refractivity contribution is 5.82. The third kappa shape index (κ3) is 5.55. The van der Waals surface area contributed by atoms with E-state index in [2.05, 4.69) is 39.5 Å². The molecular weight excluding hydrogens is 352 g/mol. The Kier molecular flexibility index (Phi) is 7.08. The van der Waals surface area contributed by atoms with Crippen molar-refractivity contribution in [2.45, 2.75) is 57.7 Å². The van der Waals surface area contributed by atoms with Crippen LogP contribution in [0, 0.1) is 0 Å². The Morgan fingerprint density at radius 2 is 1.46 bits per heavy atom. The zero-order valence-electron chi connectivity index (χ0n) is 17.4. The van der Waals surface area contributed by atoms with Gasteiger partial charge in [0.1, 0.15) is 0 Å². The molecule has 2 aliphatic rings. The van der Waals surface area contributed by atoms with Crippen LogP contribution in [-0.4, -0.2) is 72.5 Å². The van der Waals surface area contributed by atoms with Crippen LogP contribution in [0.1, 0.15) is 45.1 Å². The summed E-state index contributed by atoms with van der Waals surface area (Å²) >= 11 is 0. The van der Waals surface area contributed by atoms with Crippen LogP contribution in [0.4, 0.5) is 0 Å². The molecule has 28 heavy (non-hydrogen) atoms. The summed E-state index contributed by atoms with van der Waals surface area (Å²) in [5, 5.41) is 6.19. The number of carbonyl (C=O) groups is 2. The summed E-state index contributed by atoms with van der Waals surface area (Å²) in [4.78, 5) is 29.3. The van der Waals surface area contributed by atoms with Gasteiger partial charge in [0.15, 0.2) is 0 Å². The van der Waals surface area contributed by atoms with Crippen LogP contribution < -0.4 is 10.6 Å². The van der Waals surface area contributed by atoms with E-state index in [4.69, 9.17) is 0 Å². The van der Waals surface area contributed by atoms with E-state index in [0.717, 1.165) is 39.0 Å². The summed E-state index contributed by atoms with van der Waals surface area (Å²) in [6, 6.07) is 10.4. The van der Waals surface area contributed by atoms with Gasteiger partial charge < -0.3 is 10.6 Å². The van der Waals surface area contributed by atoms with Gasteiger partial charge in [-0.05, 0) is 38.2 Å². The molecule has 2 fully saturated rings. The van der Waals surface area contributed by atoms with Crippen LogP contribution in [0.2, 0.25) is 0 Å². The van der Waals surface area contributed by atoms with Crippen LogP contribution in [0.15, 0.2) is 30.3 Å². The van der Waals surface area contributed by atoms with Crippen molar-refractivity contribution in [1.82, 2.24) is 20.4 Å². The first kappa shape index (κ1) is 20.8. The summed E-state index contributed by atoms with van der Waals surface area (Å²) in [5.41, 5.74) is 1.24. The summed E-state index contributed by atoms with van der Waals surface area (Å²) < 4.78 is 0. The molecule has 154 valence electrons. The summed E-state index contributed by atoms with van der Waals surface area (Å²) in [6.45, 7) is 9.98. The van der Waals surface area contributed by atoms with E-state index in [9.17, 15) is 9.59 Å². The molecule has 0 radical (unpaired) electrons. The molecule has 0 spiro atoms. The molecule has 1 saturated carbocycles. The Morgan fingerprint density at radius 3 is 2.00 bits per heavy atom. The van der Waals surface area contributed by atoms with Crippen LogP contribution in [0.5, 0.6) is 0 Å². The Balaban J connectivity index is 1.40. The van der Waals surface area contributed by atoms with Gasteiger partial charge in [0.2, 0.25) is 11.8 Å². The standard InChI is InChI=1S/C22H34N4O2/c1-16(19-7-5-4-6-8-19)15-23-21(27)17(2)25-11-13-26(14-12-25)18(3)22(28)24-20-9-10-20/h4-8,16-18,20H,9-15H2,1-3H3,(H,23,27)(H,24,28)/t16-,17+,18+/m1/s1. The lowest BCUT2D eigenvalue weighted by Crippen LogP contribution is -2.57. The molecule has 3 atom stereocenters. The molecule has 6 nitrogen and oxygen atoms in total. The molecule has 1 aromatic rings. The summed E-state index contributed by atoms with van der Waals surface area (Å²) in [5.74, 6) is 0.507. The van der Waals surface area contributed by atoms with E-state index in [0.29, 0.717) is 18.5 Å². The number of amides is 2. The average Bonchev–Trinajstić information content (AvgIpc) is 3.55. The van der Waals surface area contributed by atoms with Gasteiger partial charge in [-0.15, -0.1) is 0 Å². The van der Waals surface area contributed by atoms with E-state index in [1.807, 2.05) is 32.0 Å². The molecule has 0 unspecified atom stereocenters. The van der Waals surface area contributed by atoms with E-state index < -0.39 is 0 Å². The predicted octanol–water partition coefficient (Wildman–Crippen LogP) is 1.58. The topological polar surface area (TPSA) is 64.7 Å². The molecule has 2 amide bonds. The zero-order chi connectivity index (χ0) is 20.1. The Hall–Kier alpha value is -1.92. The van der Waals surface area contributed by atoms with Crippen molar-refractivity contribution >= 4 is 11.8 Å². The molecule has 1 aromatic carbocycles. The largest absolute Gasteiger partial charge is 0.354 e. The zero-order valence-corrected chi connectivity index (χ0v) is 17.4. The quantitative estimate of drug-likeness (QED) is 0.712. The monoisotopic (exact) mass is 386 g/mol. The summed E-state index contributed by atoms with van der Waals surface area (Å²) in [6.07, 6.45) is 2.23. The molecule has 3 rings (SSSR count). The van der Waals surface area contributed by atoms with Gasteiger partial charge in [-0.3, -0.25) is 19.4 Å². The van der Waals surface area contributed by atoms with Gasteiger partial charge >= 0.3 is 0 Å². The molecule has 2 N–H and O–H groups in total. The SMILES string of the molecule is C[C@H](CNC(=O)[C@H](C)N1CCN([C@@H](C)C(=O)NC2CC2)CC1)c1ccccc1. The summed E-state index contributed by atoms with van der Waals surface area (Å²) in [7, 11) is 0. The van der Waals surface area contributed by atoms with Crippen molar-refractivity contribution in [3.63, 3.8) is 0 Å². The van der Waals surface area contributed by atoms with Crippen LogP contribution in [0.3, 0.4) is 0 Å². The fraction of sp³-hybridized carbons (Fsp3) is 0.636. The van der Waals surface area contributed by atoms with E-state index in [-0.39, 0.29) is 23.9 Å². The third-order valence-electron chi connectivity index (χ3n) is 6.08. The van der Waals surface area contributed by atoms with E-state index in [1.165, 1.54) is 5.56 Å².